The van der Waals surface area contributed by atoms with Crippen molar-refractivity contribution in [1.29, 1.82) is 0 Å². The molecule has 0 bridgehead atoms. The number of aromatic nitrogens is 2. The molecule has 1 heterocycles. The molecule has 1 aliphatic rings. The number of carbonyl (C=O) groups excluding carboxylic acids is 2. The van der Waals surface area contributed by atoms with Gasteiger partial charge in [-0.15, -0.1) is 0 Å². The second-order valence-corrected chi connectivity index (χ2v) is 6.15. The van der Waals surface area contributed by atoms with Gasteiger partial charge in [0.25, 0.3) is 5.91 Å². The van der Waals surface area contributed by atoms with Crippen LogP contribution in [-0.4, -0.2) is 40.6 Å². The second-order valence-electron chi connectivity index (χ2n) is 6.15. The van der Waals surface area contributed by atoms with E-state index < -0.39 is 5.97 Å². The van der Waals surface area contributed by atoms with E-state index in [1.807, 2.05) is 37.3 Å². The molecule has 1 atom stereocenters. The van der Waals surface area contributed by atoms with Gasteiger partial charge in [0, 0.05) is 18.7 Å². The summed E-state index contributed by atoms with van der Waals surface area (Å²) in [4.78, 5) is 25.8. The van der Waals surface area contributed by atoms with E-state index >= 15 is 0 Å². The molecule has 24 heavy (non-hydrogen) atoms. The summed E-state index contributed by atoms with van der Waals surface area (Å²) in [6.07, 6.45) is 2.24. The maximum absolute atomic E-state index is 12.2. The fourth-order valence-electron chi connectivity index (χ4n) is 2.52. The van der Waals surface area contributed by atoms with Crippen LogP contribution in [0.5, 0.6) is 0 Å². The van der Waals surface area contributed by atoms with Crippen LogP contribution in [0, 0.1) is 0 Å². The van der Waals surface area contributed by atoms with Crippen molar-refractivity contribution < 1.29 is 14.3 Å². The largest absolute Gasteiger partial charge is 0.451 e. The van der Waals surface area contributed by atoms with E-state index in [9.17, 15) is 9.59 Å². The van der Waals surface area contributed by atoms with Crippen molar-refractivity contribution >= 4 is 11.9 Å². The molecular weight excluding hydrogens is 306 g/mol. The molecule has 126 valence electrons. The van der Waals surface area contributed by atoms with E-state index in [0.29, 0.717) is 5.92 Å². The molecule has 1 saturated carbocycles. The number of rotatable bonds is 6. The van der Waals surface area contributed by atoms with E-state index in [1.165, 1.54) is 0 Å². The Labute approximate surface area is 140 Å². The molecule has 1 N–H and O–H groups in total. The summed E-state index contributed by atoms with van der Waals surface area (Å²) in [6, 6.07) is 11.3. The third-order valence-corrected chi connectivity index (χ3v) is 4.41. The minimum absolute atomic E-state index is 0.0933. The van der Waals surface area contributed by atoms with Gasteiger partial charge in [0.2, 0.25) is 0 Å². The number of likely N-dealkylation sites (N-methyl/N-ethyl adjacent to an activating group) is 1. The maximum Gasteiger partial charge on any atom is 0.359 e. The van der Waals surface area contributed by atoms with Crippen LogP contribution in [0.3, 0.4) is 0 Å². The van der Waals surface area contributed by atoms with Crippen LogP contribution in [0.1, 0.15) is 53.5 Å². The Balaban J connectivity index is 1.53. The van der Waals surface area contributed by atoms with Gasteiger partial charge in [-0.05, 0) is 31.4 Å². The van der Waals surface area contributed by atoms with Gasteiger partial charge in [-0.2, -0.15) is 5.10 Å². The third kappa shape index (κ3) is 3.64. The minimum Gasteiger partial charge on any atom is -0.451 e. The van der Waals surface area contributed by atoms with Crippen molar-refractivity contribution in [3.63, 3.8) is 0 Å². The fraction of sp³-hybridized carbons (Fsp3) is 0.389. The number of nitrogens with one attached hydrogen (secondary N) is 1. The molecular formula is C18H21N3O3. The lowest BCUT2D eigenvalue weighted by molar-refractivity contribution is -0.135. The smallest absolute Gasteiger partial charge is 0.359 e. The molecule has 0 radical (unpaired) electrons. The Hall–Kier alpha value is -2.63. The fourth-order valence-corrected chi connectivity index (χ4v) is 2.52. The monoisotopic (exact) mass is 327 g/mol. The molecule has 1 aromatic heterocycles. The quantitative estimate of drug-likeness (QED) is 0.828. The van der Waals surface area contributed by atoms with Crippen LogP contribution in [0.4, 0.5) is 0 Å². The second kappa shape index (κ2) is 6.86. The first-order valence-electron chi connectivity index (χ1n) is 8.09. The number of hydrogen-bond acceptors (Lipinski definition) is 4. The number of benzene rings is 1. The van der Waals surface area contributed by atoms with Crippen LogP contribution in [0.2, 0.25) is 0 Å². The number of hydrogen-bond donors (Lipinski definition) is 1. The van der Waals surface area contributed by atoms with E-state index in [2.05, 4.69) is 10.2 Å². The molecule has 0 aliphatic heterocycles. The van der Waals surface area contributed by atoms with Gasteiger partial charge >= 0.3 is 5.97 Å². The standard InChI is InChI=1S/C18H21N3O3/c1-12(13-6-4-3-5-7-13)21(2)17(22)11-24-18(23)16-10-15(19-20-16)14-8-9-14/h3-7,10,12,14H,8-9,11H2,1-2H3,(H,19,20). The Kier molecular flexibility index (Phi) is 4.64. The number of carbonyl (C=O) groups is 2. The highest BCUT2D eigenvalue weighted by molar-refractivity contribution is 5.89. The highest BCUT2D eigenvalue weighted by Crippen LogP contribution is 2.39. The minimum atomic E-state index is -0.577. The number of aromatic amines is 1. The number of amides is 1. The van der Waals surface area contributed by atoms with Gasteiger partial charge in [-0.1, -0.05) is 30.3 Å². The molecule has 6 nitrogen and oxygen atoms in total. The Morgan fingerprint density at radius 2 is 2.04 bits per heavy atom. The molecule has 0 spiro atoms. The van der Waals surface area contributed by atoms with Gasteiger partial charge in [0.15, 0.2) is 12.3 Å². The van der Waals surface area contributed by atoms with Crippen LogP contribution in [-0.2, 0) is 9.53 Å². The molecule has 1 fully saturated rings. The molecule has 1 aliphatic carbocycles. The predicted octanol–water partition coefficient (Wildman–Crippen LogP) is 2.66. The zero-order chi connectivity index (χ0) is 17.1. The van der Waals surface area contributed by atoms with Crippen LogP contribution >= 0.6 is 0 Å². The number of esters is 1. The van der Waals surface area contributed by atoms with Crippen molar-refractivity contribution in [3.8, 4) is 0 Å². The Morgan fingerprint density at radius 1 is 1.33 bits per heavy atom. The summed E-state index contributed by atoms with van der Waals surface area (Å²) in [5.74, 6) is -0.344. The lowest BCUT2D eigenvalue weighted by Gasteiger charge is -2.25. The Morgan fingerprint density at radius 3 is 2.71 bits per heavy atom. The highest BCUT2D eigenvalue weighted by Gasteiger charge is 2.27. The van der Waals surface area contributed by atoms with Gasteiger partial charge in [-0.3, -0.25) is 9.89 Å². The average molecular weight is 327 g/mol. The lowest BCUT2D eigenvalue weighted by atomic mass is 10.1. The third-order valence-electron chi connectivity index (χ3n) is 4.41. The molecule has 0 saturated heterocycles. The summed E-state index contributed by atoms with van der Waals surface area (Å²) >= 11 is 0. The summed E-state index contributed by atoms with van der Waals surface area (Å²) < 4.78 is 5.10. The number of H-pyrrole nitrogens is 1. The SMILES string of the molecule is CC(c1ccccc1)N(C)C(=O)COC(=O)c1cc(C2CC2)[nH]n1. The van der Waals surface area contributed by atoms with Crippen molar-refractivity contribution in [2.45, 2.75) is 31.7 Å². The van der Waals surface area contributed by atoms with E-state index in [1.54, 1.807) is 18.0 Å². The van der Waals surface area contributed by atoms with Crippen molar-refractivity contribution in [2.24, 2.45) is 0 Å². The molecule has 3 rings (SSSR count). The number of nitrogens with zero attached hydrogens (tertiary/aromatic N) is 2. The van der Waals surface area contributed by atoms with Crippen LogP contribution < -0.4 is 0 Å². The lowest BCUT2D eigenvalue weighted by Crippen LogP contribution is -2.33. The number of ether oxygens (including phenoxy) is 1. The average Bonchev–Trinajstić information content (AvgIpc) is 3.35. The predicted molar refractivity (Wildman–Crippen MR) is 88.5 cm³/mol. The van der Waals surface area contributed by atoms with Gasteiger partial charge in [0.1, 0.15) is 0 Å². The first kappa shape index (κ1) is 16.2. The van der Waals surface area contributed by atoms with E-state index in [4.69, 9.17) is 4.74 Å². The molecule has 2 aromatic rings. The van der Waals surface area contributed by atoms with Gasteiger partial charge in [-0.25, -0.2) is 4.79 Å². The first-order chi connectivity index (χ1) is 11.6. The Bertz CT molecular complexity index is 722. The summed E-state index contributed by atoms with van der Waals surface area (Å²) in [6.45, 7) is 1.64. The van der Waals surface area contributed by atoms with Crippen LogP contribution in [0.15, 0.2) is 36.4 Å². The molecule has 1 amide bonds. The van der Waals surface area contributed by atoms with E-state index in [0.717, 1.165) is 24.1 Å². The van der Waals surface area contributed by atoms with Gasteiger partial charge in [0.05, 0.1) is 6.04 Å². The molecule has 1 unspecified atom stereocenters. The van der Waals surface area contributed by atoms with Crippen molar-refractivity contribution in [2.75, 3.05) is 13.7 Å². The van der Waals surface area contributed by atoms with Crippen LogP contribution in [0.25, 0.3) is 0 Å². The first-order valence-corrected chi connectivity index (χ1v) is 8.09. The molecule has 6 heteroatoms. The maximum atomic E-state index is 12.2. The van der Waals surface area contributed by atoms with Crippen molar-refractivity contribution in [1.82, 2.24) is 15.1 Å². The summed E-state index contributed by atoms with van der Waals surface area (Å²) in [5.41, 5.74) is 2.22. The zero-order valence-electron chi connectivity index (χ0n) is 13.9. The summed E-state index contributed by atoms with van der Waals surface area (Å²) in [5, 5.41) is 6.81. The zero-order valence-corrected chi connectivity index (χ0v) is 13.9. The summed E-state index contributed by atoms with van der Waals surface area (Å²) in [7, 11) is 1.70. The van der Waals surface area contributed by atoms with Gasteiger partial charge < -0.3 is 9.64 Å². The van der Waals surface area contributed by atoms with E-state index in [-0.39, 0.29) is 24.2 Å². The normalized spacial score (nSPS) is 14.9. The highest BCUT2D eigenvalue weighted by atomic mass is 16.5. The molecule has 1 aromatic carbocycles. The topological polar surface area (TPSA) is 75.3 Å². The van der Waals surface area contributed by atoms with Crippen molar-refractivity contribution in [3.05, 3.63) is 53.3 Å².